The van der Waals surface area contributed by atoms with Gasteiger partial charge in [0.25, 0.3) is 0 Å². The van der Waals surface area contributed by atoms with Crippen LogP contribution in [0.25, 0.3) is 0 Å². The van der Waals surface area contributed by atoms with Gasteiger partial charge in [-0.05, 0) is 63.0 Å². The van der Waals surface area contributed by atoms with Crippen molar-refractivity contribution in [3.05, 3.63) is 23.8 Å². The number of rotatable bonds is 5. The fraction of sp³-hybridized carbons (Fsp3) is 0.704. The number of halogens is 1. The summed E-state index contributed by atoms with van der Waals surface area (Å²) in [6, 6.07) is 0. The van der Waals surface area contributed by atoms with E-state index < -0.39 is 59.0 Å². The molecule has 3 aliphatic rings. The highest BCUT2D eigenvalue weighted by Gasteiger charge is 2.64. The zero-order chi connectivity index (χ0) is 26.2. The molecule has 8 heteroatoms. The van der Waals surface area contributed by atoms with Gasteiger partial charge < -0.3 is 14.6 Å². The molecule has 0 saturated heterocycles. The molecule has 0 aromatic carbocycles. The van der Waals surface area contributed by atoms with Gasteiger partial charge in [-0.1, -0.05) is 32.4 Å². The lowest BCUT2D eigenvalue weighted by Crippen LogP contribution is -2.60. The SMILES string of the molecule is CCC(=O)O[C@@]1(C(=O)COC(C)=O)CC[C@H](O)[C@@]2(F)[C@@H](CCC3=CC(=O)C=C[C@@]32C)[C@@H](C)C[C@@H]1C. The van der Waals surface area contributed by atoms with E-state index in [-0.39, 0.29) is 31.0 Å². The zero-order valence-corrected chi connectivity index (χ0v) is 21.3. The molecule has 2 saturated carbocycles. The average Bonchev–Trinajstić information content (AvgIpc) is 2.82. The molecular weight excluding hydrogens is 455 g/mol. The van der Waals surface area contributed by atoms with Crippen LogP contribution in [0.2, 0.25) is 0 Å². The lowest BCUT2D eigenvalue weighted by molar-refractivity contribution is -0.179. The number of Topliss-reactive ketones (excluding diaryl/α,β-unsaturated/α-hetero) is 1. The Bertz CT molecular complexity index is 955. The molecule has 194 valence electrons. The van der Waals surface area contributed by atoms with E-state index in [1.54, 1.807) is 26.8 Å². The number of esters is 2. The van der Waals surface area contributed by atoms with Crippen molar-refractivity contribution in [3.63, 3.8) is 0 Å². The highest BCUT2D eigenvalue weighted by atomic mass is 19.1. The van der Waals surface area contributed by atoms with Crippen molar-refractivity contribution in [2.45, 2.75) is 90.5 Å². The van der Waals surface area contributed by atoms with Crippen LogP contribution >= 0.6 is 0 Å². The molecule has 0 spiro atoms. The van der Waals surface area contributed by atoms with Crippen molar-refractivity contribution in [3.8, 4) is 0 Å². The smallest absolute Gasteiger partial charge is 0.306 e. The molecule has 2 fully saturated rings. The van der Waals surface area contributed by atoms with E-state index >= 15 is 4.39 Å². The molecule has 3 aliphatic carbocycles. The van der Waals surface area contributed by atoms with Crippen LogP contribution in [0.5, 0.6) is 0 Å². The number of aliphatic hydroxyl groups excluding tert-OH is 1. The van der Waals surface area contributed by atoms with Crippen LogP contribution < -0.4 is 0 Å². The van der Waals surface area contributed by atoms with Gasteiger partial charge in [-0.25, -0.2) is 4.39 Å². The van der Waals surface area contributed by atoms with E-state index in [4.69, 9.17) is 9.47 Å². The summed E-state index contributed by atoms with van der Waals surface area (Å²) in [5.41, 5.74) is -4.25. The molecule has 3 rings (SSSR count). The van der Waals surface area contributed by atoms with E-state index in [1.165, 1.54) is 19.1 Å². The predicted octanol–water partition coefficient (Wildman–Crippen LogP) is 3.82. The summed E-state index contributed by atoms with van der Waals surface area (Å²) in [4.78, 5) is 49.2. The Labute approximate surface area is 206 Å². The Balaban J connectivity index is 2.07. The summed E-state index contributed by atoms with van der Waals surface area (Å²) in [6.45, 7) is 7.63. The lowest BCUT2D eigenvalue weighted by atomic mass is 9.52. The number of hydrogen-bond donors (Lipinski definition) is 1. The quantitative estimate of drug-likeness (QED) is 0.582. The molecule has 0 aliphatic heterocycles. The van der Waals surface area contributed by atoms with Gasteiger partial charge >= 0.3 is 11.9 Å². The first-order valence-corrected chi connectivity index (χ1v) is 12.5. The second-order valence-electron chi connectivity index (χ2n) is 10.6. The van der Waals surface area contributed by atoms with Gasteiger partial charge in [0, 0.05) is 24.7 Å². The van der Waals surface area contributed by atoms with Crippen LogP contribution in [0, 0.1) is 23.2 Å². The Morgan fingerprint density at radius 2 is 1.91 bits per heavy atom. The van der Waals surface area contributed by atoms with Gasteiger partial charge in [-0.2, -0.15) is 0 Å². The number of fused-ring (bicyclic) bond motifs is 3. The second-order valence-corrected chi connectivity index (χ2v) is 10.6. The molecular formula is C27H37FO7. The summed E-state index contributed by atoms with van der Waals surface area (Å²) < 4.78 is 28.1. The van der Waals surface area contributed by atoms with Gasteiger partial charge in [0.2, 0.25) is 5.78 Å². The number of carbonyl (C=O) groups is 4. The topological polar surface area (TPSA) is 107 Å². The Kier molecular flexibility index (Phi) is 7.75. The monoisotopic (exact) mass is 492 g/mol. The number of carbonyl (C=O) groups excluding carboxylic acids is 4. The number of alkyl halides is 1. The molecule has 7 atom stereocenters. The molecule has 0 aromatic rings. The summed E-state index contributed by atoms with van der Waals surface area (Å²) in [7, 11) is 0. The minimum absolute atomic E-state index is 0.0359. The summed E-state index contributed by atoms with van der Waals surface area (Å²) >= 11 is 0. The predicted molar refractivity (Wildman–Crippen MR) is 126 cm³/mol. The molecule has 35 heavy (non-hydrogen) atoms. The van der Waals surface area contributed by atoms with Gasteiger partial charge in [-0.15, -0.1) is 0 Å². The molecule has 0 unspecified atom stereocenters. The highest BCUT2D eigenvalue weighted by molar-refractivity contribution is 6.01. The van der Waals surface area contributed by atoms with E-state index in [9.17, 15) is 24.3 Å². The number of allylic oxidation sites excluding steroid dienone is 4. The molecule has 1 N–H and O–H groups in total. The van der Waals surface area contributed by atoms with Crippen LogP contribution in [0.4, 0.5) is 4.39 Å². The van der Waals surface area contributed by atoms with Crippen LogP contribution in [-0.4, -0.2) is 52.6 Å². The number of hydrogen-bond acceptors (Lipinski definition) is 7. The van der Waals surface area contributed by atoms with Crippen molar-refractivity contribution < 1.29 is 38.1 Å². The largest absolute Gasteiger partial charge is 0.458 e. The summed E-state index contributed by atoms with van der Waals surface area (Å²) in [6.07, 6.45) is 4.07. The standard InChI is InChI=1S/C27H37FO7/c1-6-24(33)35-26(23(32)15-34-18(4)29)12-10-22(31)27(28)21(16(2)13-17(26)3)8-7-19-14-20(30)9-11-25(19,27)5/h9,11,14,16-17,21-22,31H,6-8,10,12-13,15H2,1-5H3/t16-,17-,21-,22-,25-,26-,27-/m0/s1. The lowest BCUT2D eigenvalue weighted by Gasteiger charge is -2.55. The van der Waals surface area contributed by atoms with Gasteiger partial charge in [-0.3, -0.25) is 19.2 Å². The van der Waals surface area contributed by atoms with Crippen molar-refractivity contribution in [1.82, 2.24) is 0 Å². The second kappa shape index (κ2) is 9.96. The first-order chi connectivity index (χ1) is 16.3. The minimum atomic E-state index is -2.09. The van der Waals surface area contributed by atoms with Crippen molar-refractivity contribution in [1.29, 1.82) is 0 Å². The van der Waals surface area contributed by atoms with E-state index in [1.807, 2.05) is 6.92 Å². The maximum Gasteiger partial charge on any atom is 0.306 e. The molecule has 0 heterocycles. The van der Waals surface area contributed by atoms with Crippen molar-refractivity contribution >= 4 is 23.5 Å². The maximum atomic E-state index is 17.4. The third-order valence-electron chi connectivity index (χ3n) is 8.57. The fourth-order valence-corrected chi connectivity index (χ4v) is 6.54. The number of aliphatic hydroxyl groups is 1. The average molecular weight is 493 g/mol. The molecule has 0 radical (unpaired) electrons. The van der Waals surface area contributed by atoms with Crippen LogP contribution in [0.15, 0.2) is 23.8 Å². The zero-order valence-electron chi connectivity index (χ0n) is 21.3. The number of ether oxygens (including phenoxy) is 2. The van der Waals surface area contributed by atoms with Gasteiger partial charge in [0.05, 0.1) is 6.10 Å². The first kappa shape index (κ1) is 27.2. The Morgan fingerprint density at radius 1 is 1.23 bits per heavy atom. The summed E-state index contributed by atoms with van der Waals surface area (Å²) in [5.74, 6) is -3.31. The fourth-order valence-electron chi connectivity index (χ4n) is 6.54. The molecule has 0 aromatic heterocycles. The minimum Gasteiger partial charge on any atom is -0.458 e. The van der Waals surface area contributed by atoms with Gasteiger partial charge in [0.15, 0.2) is 23.7 Å². The first-order valence-electron chi connectivity index (χ1n) is 12.5. The van der Waals surface area contributed by atoms with Crippen molar-refractivity contribution in [2.24, 2.45) is 23.2 Å². The third kappa shape index (κ3) is 4.61. The van der Waals surface area contributed by atoms with Crippen LogP contribution in [0.1, 0.15) is 73.1 Å². The number of ketones is 2. The molecule has 0 amide bonds. The van der Waals surface area contributed by atoms with E-state index in [0.717, 1.165) is 0 Å². The normalized spacial score (nSPS) is 39.2. The maximum absolute atomic E-state index is 17.4. The van der Waals surface area contributed by atoms with E-state index in [2.05, 4.69) is 0 Å². The van der Waals surface area contributed by atoms with E-state index in [0.29, 0.717) is 24.8 Å². The summed E-state index contributed by atoms with van der Waals surface area (Å²) in [5, 5.41) is 11.4. The highest BCUT2D eigenvalue weighted by Crippen LogP contribution is 2.60. The van der Waals surface area contributed by atoms with Crippen LogP contribution in [-0.2, 0) is 28.7 Å². The van der Waals surface area contributed by atoms with Gasteiger partial charge in [0.1, 0.15) is 0 Å². The third-order valence-corrected chi connectivity index (χ3v) is 8.57. The Morgan fingerprint density at radius 3 is 2.54 bits per heavy atom. The molecule has 0 bridgehead atoms. The Hall–Kier alpha value is -2.35. The van der Waals surface area contributed by atoms with Crippen molar-refractivity contribution in [2.75, 3.05) is 6.61 Å². The van der Waals surface area contributed by atoms with Crippen LogP contribution in [0.3, 0.4) is 0 Å². The molecule has 7 nitrogen and oxygen atoms in total.